The van der Waals surface area contributed by atoms with Gasteiger partial charge in [-0.1, -0.05) is 57.5 Å². The van der Waals surface area contributed by atoms with Gasteiger partial charge >= 0.3 is 0 Å². The minimum Gasteiger partial charge on any atom is -0.459 e. The van der Waals surface area contributed by atoms with Crippen LogP contribution in [-0.4, -0.2) is 0 Å². The molecule has 1 atom stereocenters. The van der Waals surface area contributed by atoms with Gasteiger partial charge in [-0.3, -0.25) is 0 Å². The van der Waals surface area contributed by atoms with E-state index in [0.717, 1.165) is 5.92 Å². The summed E-state index contributed by atoms with van der Waals surface area (Å²) in [6, 6.07) is 10.9. The molecule has 144 valence electrons. The van der Waals surface area contributed by atoms with E-state index in [0.29, 0.717) is 23.2 Å². The van der Waals surface area contributed by atoms with Crippen molar-refractivity contribution in [1.29, 1.82) is 0 Å². The third kappa shape index (κ3) is 4.40. The molecule has 1 aliphatic rings. The molecular weight excluding hydrogens is 342 g/mol. The van der Waals surface area contributed by atoms with Crippen LogP contribution in [0, 0.1) is 23.5 Å². The average Bonchev–Trinajstić information content (AvgIpc) is 2.66. The summed E-state index contributed by atoms with van der Waals surface area (Å²) in [5.41, 5.74) is 2.18. The number of allylic oxidation sites excluding steroid dienone is 1. The van der Waals surface area contributed by atoms with Gasteiger partial charge in [0.15, 0.2) is 11.6 Å². The molecule has 1 fully saturated rings. The monoisotopic (exact) mass is 370 g/mol. The summed E-state index contributed by atoms with van der Waals surface area (Å²) >= 11 is 0. The first kappa shape index (κ1) is 19.6. The van der Waals surface area contributed by atoms with Gasteiger partial charge in [0.25, 0.3) is 0 Å². The fraction of sp³-hybridized carbons (Fsp3) is 0.417. The van der Waals surface area contributed by atoms with Gasteiger partial charge < -0.3 is 4.74 Å². The molecule has 2 aromatic rings. The maximum Gasteiger partial charge on any atom is 0.201 e. The lowest BCUT2D eigenvalue weighted by atomic mass is 9.74. The number of ether oxygens (including phenoxy) is 1. The van der Waals surface area contributed by atoms with Crippen molar-refractivity contribution in [1.82, 2.24) is 0 Å². The predicted molar refractivity (Wildman–Crippen MR) is 107 cm³/mol. The second kappa shape index (κ2) is 8.24. The topological polar surface area (TPSA) is 9.23 Å². The third-order valence-electron chi connectivity index (χ3n) is 5.85. The van der Waals surface area contributed by atoms with Crippen LogP contribution in [0.1, 0.15) is 57.9 Å². The Morgan fingerprint density at radius 2 is 1.63 bits per heavy atom. The van der Waals surface area contributed by atoms with E-state index in [1.165, 1.54) is 37.3 Å². The molecule has 0 N–H and O–H groups in total. The Bertz CT molecular complexity index is 802. The largest absolute Gasteiger partial charge is 0.459 e. The normalized spacial score (nSPS) is 20.9. The first-order valence-electron chi connectivity index (χ1n) is 9.78. The van der Waals surface area contributed by atoms with Crippen molar-refractivity contribution in [3.8, 4) is 16.9 Å². The highest BCUT2D eigenvalue weighted by molar-refractivity contribution is 5.65. The first-order valence-corrected chi connectivity index (χ1v) is 9.78. The Hall–Kier alpha value is -2.16. The number of hydrogen-bond donors (Lipinski definition) is 0. The van der Waals surface area contributed by atoms with Gasteiger partial charge in [0.1, 0.15) is 0 Å². The zero-order valence-electron chi connectivity index (χ0n) is 16.4. The minimum absolute atomic E-state index is 0.138. The molecule has 1 aliphatic carbocycles. The maximum atomic E-state index is 14.5. The molecule has 0 spiro atoms. The first-order chi connectivity index (χ1) is 12.9. The maximum absolute atomic E-state index is 14.5. The summed E-state index contributed by atoms with van der Waals surface area (Å²) < 4.78 is 33.9. The molecule has 1 nitrogen and oxygen atoms in total. The Balaban J connectivity index is 1.79. The van der Waals surface area contributed by atoms with Gasteiger partial charge in [-0.25, -0.2) is 4.39 Å². The lowest BCUT2D eigenvalue weighted by Gasteiger charge is -2.31. The summed E-state index contributed by atoms with van der Waals surface area (Å²) in [6.45, 7) is 9.76. The van der Waals surface area contributed by atoms with Crippen LogP contribution in [0.15, 0.2) is 48.7 Å². The van der Waals surface area contributed by atoms with E-state index in [1.54, 1.807) is 13.0 Å². The molecule has 27 heavy (non-hydrogen) atoms. The summed E-state index contributed by atoms with van der Waals surface area (Å²) in [6.07, 6.45) is 5.15. The van der Waals surface area contributed by atoms with E-state index in [4.69, 9.17) is 4.74 Å². The quantitative estimate of drug-likeness (QED) is 0.496. The van der Waals surface area contributed by atoms with Crippen LogP contribution in [0.2, 0.25) is 0 Å². The SMILES string of the molecule is C=C(C)Oc1ccc(-c2ccc(C(C)C3CCC(C)CC3)cc2)c(F)c1F. The Labute approximate surface area is 161 Å². The van der Waals surface area contributed by atoms with Crippen molar-refractivity contribution in [3.05, 3.63) is 65.9 Å². The molecule has 0 aromatic heterocycles. The summed E-state index contributed by atoms with van der Waals surface area (Å²) in [5, 5.41) is 0. The number of hydrogen-bond acceptors (Lipinski definition) is 1. The van der Waals surface area contributed by atoms with Crippen LogP contribution in [0.25, 0.3) is 11.1 Å². The van der Waals surface area contributed by atoms with E-state index < -0.39 is 11.6 Å². The van der Waals surface area contributed by atoms with Crippen LogP contribution in [0.3, 0.4) is 0 Å². The highest BCUT2D eigenvalue weighted by atomic mass is 19.2. The van der Waals surface area contributed by atoms with Crippen LogP contribution in [-0.2, 0) is 0 Å². The van der Waals surface area contributed by atoms with Gasteiger partial charge in [-0.2, -0.15) is 4.39 Å². The van der Waals surface area contributed by atoms with E-state index in [2.05, 4.69) is 20.4 Å². The van der Waals surface area contributed by atoms with Crippen molar-refractivity contribution in [2.24, 2.45) is 11.8 Å². The van der Waals surface area contributed by atoms with Crippen molar-refractivity contribution >= 4 is 0 Å². The molecule has 0 radical (unpaired) electrons. The average molecular weight is 370 g/mol. The molecule has 0 bridgehead atoms. The van der Waals surface area contributed by atoms with Crippen molar-refractivity contribution in [3.63, 3.8) is 0 Å². The molecule has 0 amide bonds. The van der Waals surface area contributed by atoms with Crippen LogP contribution in [0.4, 0.5) is 8.78 Å². The molecule has 3 heteroatoms. The molecule has 3 rings (SSSR count). The van der Waals surface area contributed by atoms with Crippen molar-refractivity contribution < 1.29 is 13.5 Å². The number of benzene rings is 2. The van der Waals surface area contributed by atoms with E-state index >= 15 is 0 Å². The van der Waals surface area contributed by atoms with Gasteiger partial charge in [0, 0.05) is 5.56 Å². The Morgan fingerprint density at radius 3 is 2.22 bits per heavy atom. The zero-order chi connectivity index (χ0) is 19.6. The lowest BCUT2D eigenvalue weighted by Crippen LogP contribution is -2.17. The lowest BCUT2D eigenvalue weighted by molar-refractivity contribution is 0.261. The summed E-state index contributed by atoms with van der Waals surface area (Å²) in [5.74, 6) is 0.335. The van der Waals surface area contributed by atoms with E-state index in [1.807, 2.05) is 24.3 Å². The fourth-order valence-corrected chi connectivity index (χ4v) is 4.05. The van der Waals surface area contributed by atoms with Crippen molar-refractivity contribution in [2.45, 2.75) is 52.4 Å². The molecule has 1 saturated carbocycles. The van der Waals surface area contributed by atoms with Gasteiger partial charge in [-0.15, -0.1) is 0 Å². The van der Waals surface area contributed by atoms with E-state index in [-0.39, 0.29) is 11.3 Å². The van der Waals surface area contributed by atoms with Crippen LogP contribution >= 0.6 is 0 Å². The van der Waals surface area contributed by atoms with Crippen LogP contribution < -0.4 is 4.74 Å². The molecule has 0 saturated heterocycles. The molecule has 1 unspecified atom stereocenters. The van der Waals surface area contributed by atoms with Crippen molar-refractivity contribution in [2.75, 3.05) is 0 Å². The molecule has 2 aromatic carbocycles. The second-order valence-corrected chi connectivity index (χ2v) is 7.97. The smallest absolute Gasteiger partial charge is 0.201 e. The van der Waals surface area contributed by atoms with Gasteiger partial charge in [-0.05, 0) is 60.8 Å². The highest BCUT2D eigenvalue weighted by Gasteiger charge is 2.24. The van der Waals surface area contributed by atoms with Gasteiger partial charge in [0.2, 0.25) is 5.82 Å². The fourth-order valence-electron chi connectivity index (χ4n) is 4.05. The zero-order valence-corrected chi connectivity index (χ0v) is 16.4. The summed E-state index contributed by atoms with van der Waals surface area (Å²) in [7, 11) is 0. The van der Waals surface area contributed by atoms with E-state index in [9.17, 15) is 8.78 Å². The minimum atomic E-state index is -0.982. The molecule has 0 heterocycles. The number of rotatable bonds is 5. The summed E-state index contributed by atoms with van der Waals surface area (Å²) in [4.78, 5) is 0. The third-order valence-corrected chi connectivity index (χ3v) is 5.85. The second-order valence-electron chi connectivity index (χ2n) is 7.97. The Morgan fingerprint density at radius 1 is 1.00 bits per heavy atom. The highest BCUT2D eigenvalue weighted by Crippen LogP contribution is 2.38. The molecule has 0 aliphatic heterocycles. The standard InChI is InChI=1S/C24H28F2O/c1-15(2)27-22-14-13-21(23(25)24(22)26)20-11-9-19(10-12-20)17(4)18-7-5-16(3)6-8-18/h9-14,16-18H,1,5-8H2,2-4H3. The predicted octanol–water partition coefficient (Wildman–Crippen LogP) is 7.47. The van der Waals surface area contributed by atoms with Crippen LogP contribution in [0.5, 0.6) is 5.75 Å². The van der Waals surface area contributed by atoms with Gasteiger partial charge in [0.05, 0.1) is 5.76 Å². The number of halogens is 2. The Kier molecular flexibility index (Phi) is 5.98. The molecular formula is C24H28F2O.